The summed E-state index contributed by atoms with van der Waals surface area (Å²) in [5.74, 6) is 0. The Kier molecular flexibility index (Phi) is 3.61. The van der Waals surface area contributed by atoms with Crippen LogP contribution in [0.5, 0.6) is 0 Å². The van der Waals surface area contributed by atoms with Gasteiger partial charge in [-0.05, 0) is 29.4 Å². The SMILES string of the molecule is CC(C)(C)c1ccc(C2(C=O)CCCCC2)cc1. The summed E-state index contributed by atoms with van der Waals surface area (Å²) in [6.45, 7) is 6.66. The third-order valence-corrected chi connectivity index (χ3v) is 4.30. The van der Waals surface area contributed by atoms with Crippen LogP contribution in [0.4, 0.5) is 0 Å². The summed E-state index contributed by atoms with van der Waals surface area (Å²) in [5, 5.41) is 0. The van der Waals surface area contributed by atoms with Crippen LogP contribution < -0.4 is 0 Å². The summed E-state index contributed by atoms with van der Waals surface area (Å²) in [5.41, 5.74) is 2.53. The fourth-order valence-corrected chi connectivity index (χ4v) is 2.96. The van der Waals surface area contributed by atoms with Crippen molar-refractivity contribution in [2.24, 2.45) is 0 Å². The van der Waals surface area contributed by atoms with Gasteiger partial charge >= 0.3 is 0 Å². The molecule has 1 fully saturated rings. The van der Waals surface area contributed by atoms with Crippen LogP contribution in [0.2, 0.25) is 0 Å². The highest BCUT2D eigenvalue weighted by Crippen LogP contribution is 2.38. The number of rotatable bonds is 2. The number of hydrogen-bond acceptors (Lipinski definition) is 1. The van der Waals surface area contributed by atoms with Crippen LogP contribution in [0.25, 0.3) is 0 Å². The molecule has 0 bridgehead atoms. The lowest BCUT2D eigenvalue weighted by atomic mass is 9.70. The first-order valence-corrected chi connectivity index (χ1v) is 7.05. The number of carbonyl (C=O) groups is 1. The fraction of sp³-hybridized carbons (Fsp3) is 0.588. The van der Waals surface area contributed by atoms with Crippen molar-refractivity contribution in [2.45, 2.75) is 63.7 Å². The molecule has 0 saturated heterocycles. The molecule has 1 aromatic rings. The van der Waals surface area contributed by atoms with Crippen molar-refractivity contribution in [3.63, 3.8) is 0 Å². The largest absolute Gasteiger partial charge is 0.302 e. The number of carbonyl (C=O) groups excluding carboxylic acids is 1. The molecule has 1 heteroatoms. The second-order valence-corrected chi connectivity index (χ2v) is 6.66. The summed E-state index contributed by atoms with van der Waals surface area (Å²) >= 11 is 0. The fourth-order valence-electron chi connectivity index (χ4n) is 2.96. The summed E-state index contributed by atoms with van der Waals surface area (Å²) < 4.78 is 0. The van der Waals surface area contributed by atoms with E-state index in [0.29, 0.717) is 0 Å². The minimum atomic E-state index is -0.200. The predicted octanol–water partition coefficient (Wildman–Crippen LogP) is 4.38. The molecule has 18 heavy (non-hydrogen) atoms. The van der Waals surface area contributed by atoms with Crippen LogP contribution in [0, 0.1) is 0 Å². The molecule has 0 radical (unpaired) electrons. The lowest BCUT2D eigenvalue weighted by Gasteiger charge is -2.33. The maximum Gasteiger partial charge on any atom is 0.130 e. The summed E-state index contributed by atoms with van der Waals surface area (Å²) in [4.78, 5) is 11.6. The Hall–Kier alpha value is -1.11. The highest BCUT2D eigenvalue weighted by Gasteiger charge is 2.33. The molecule has 0 aromatic heterocycles. The summed E-state index contributed by atoms with van der Waals surface area (Å²) in [7, 11) is 0. The van der Waals surface area contributed by atoms with Gasteiger partial charge in [-0.3, -0.25) is 0 Å². The van der Waals surface area contributed by atoms with Crippen LogP contribution in [0.1, 0.15) is 64.0 Å². The quantitative estimate of drug-likeness (QED) is 0.705. The molecule has 0 unspecified atom stereocenters. The number of benzene rings is 1. The molecule has 1 aliphatic rings. The van der Waals surface area contributed by atoms with Crippen molar-refractivity contribution in [3.8, 4) is 0 Å². The molecule has 0 aliphatic heterocycles. The molecule has 1 aliphatic carbocycles. The van der Waals surface area contributed by atoms with Crippen molar-refractivity contribution in [2.75, 3.05) is 0 Å². The van der Waals surface area contributed by atoms with E-state index in [9.17, 15) is 4.79 Å². The second-order valence-electron chi connectivity index (χ2n) is 6.66. The third kappa shape index (κ3) is 2.50. The molecular weight excluding hydrogens is 220 g/mol. The van der Waals surface area contributed by atoms with Gasteiger partial charge in [-0.25, -0.2) is 0 Å². The first kappa shape index (κ1) is 13.3. The van der Waals surface area contributed by atoms with E-state index < -0.39 is 0 Å². The van der Waals surface area contributed by atoms with Gasteiger partial charge in [0.05, 0.1) is 5.41 Å². The van der Waals surface area contributed by atoms with Crippen molar-refractivity contribution in [3.05, 3.63) is 35.4 Å². The predicted molar refractivity (Wildman–Crippen MR) is 76.0 cm³/mol. The first-order chi connectivity index (χ1) is 8.48. The Morgan fingerprint density at radius 3 is 2.00 bits per heavy atom. The van der Waals surface area contributed by atoms with Gasteiger partial charge in [0.15, 0.2) is 0 Å². The molecule has 98 valence electrons. The molecule has 1 saturated carbocycles. The van der Waals surface area contributed by atoms with Crippen LogP contribution in [-0.4, -0.2) is 6.29 Å². The average molecular weight is 244 g/mol. The zero-order chi connectivity index (χ0) is 13.2. The van der Waals surface area contributed by atoms with Crippen molar-refractivity contribution < 1.29 is 4.79 Å². The molecule has 1 nitrogen and oxygen atoms in total. The minimum absolute atomic E-state index is 0.180. The van der Waals surface area contributed by atoms with Gasteiger partial charge < -0.3 is 4.79 Å². The van der Waals surface area contributed by atoms with Gasteiger partial charge in [-0.15, -0.1) is 0 Å². The van der Waals surface area contributed by atoms with Gasteiger partial charge in [0.2, 0.25) is 0 Å². The van der Waals surface area contributed by atoms with Crippen LogP contribution in [-0.2, 0) is 15.6 Å². The van der Waals surface area contributed by atoms with Crippen molar-refractivity contribution >= 4 is 6.29 Å². The molecule has 2 rings (SSSR count). The van der Waals surface area contributed by atoms with Gasteiger partial charge in [0.1, 0.15) is 6.29 Å². The van der Waals surface area contributed by atoms with E-state index in [1.165, 1.54) is 36.7 Å². The molecule has 0 spiro atoms. The second kappa shape index (κ2) is 4.87. The Bertz CT molecular complexity index is 402. The maximum atomic E-state index is 11.6. The zero-order valence-corrected chi connectivity index (χ0v) is 11.8. The third-order valence-electron chi connectivity index (χ3n) is 4.30. The summed E-state index contributed by atoms with van der Waals surface area (Å²) in [6.07, 6.45) is 6.87. The van der Waals surface area contributed by atoms with Crippen molar-refractivity contribution in [1.29, 1.82) is 0 Å². The number of aldehydes is 1. The van der Waals surface area contributed by atoms with E-state index in [1.54, 1.807) is 0 Å². The van der Waals surface area contributed by atoms with Gasteiger partial charge in [-0.2, -0.15) is 0 Å². The average Bonchev–Trinajstić information content (AvgIpc) is 2.39. The Morgan fingerprint density at radius 1 is 1.00 bits per heavy atom. The van der Waals surface area contributed by atoms with Crippen LogP contribution >= 0.6 is 0 Å². The monoisotopic (exact) mass is 244 g/mol. The lowest BCUT2D eigenvalue weighted by molar-refractivity contribution is -0.113. The molecular formula is C17H24O. The molecule has 0 amide bonds. The zero-order valence-electron chi connectivity index (χ0n) is 11.8. The smallest absolute Gasteiger partial charge is 0.130 e. The minimum Gasteiger partial charge on any atom is -0.302 e. The lowest BCUT2D eigenvalue weighted by Crippen LogP contribution is -2.30. The molecule has 0 heterocycles. The molecule has 0 N–H and O–H groups in total. The Labute approximate surface area is 111 Å². The Morgan fingerprint density at radius 2 is 1.56 bits per heavy atom. The molecule has 1 aromatic carbocycles. The summed E-state index contributed by atoms with van der Waals surface area (Å²) in [6, 6.07) is 8.71. The van der Waals surface area contributed by atoms with E-state index in [2.05, 4.69) is 45.0 Å². The van der Waals surface area contributed by atoms with Gasteiger partial charge in [0.25, 0.3) is 0 Å². The van der Waals surface area contributed by atoms with Gasteiger partial charge in [-0.1, -0.05) is 64.3 Å². The van der Waals surface area contributed by atoms with Crippen LogP contribution in [0.15, 0.2) is 24.3 Å². The first-order valence-electron chi connectivity index (χ1n) is 7.05. The molecule has 0 atom stereocenters. The van der Waals surface area contributed by atoms with Gasteiger partial charge in [0, 0.05) is 0 Å². The topological polar surface area (TPSA) is 17.1 Å². The maximum absolute atomic E-state index is 11.6. The standard InChI is InChI=1S/C17H24O/c1-16(2,3)14-7-9-15(10-8-14)17(13-18)11-5-4-6-12-17/h7-10,13H,4-6,11-12H2,1-3H3. The van der Waals surface area contributed by atoms with E-state index in [1.807, 2.05) is 0 Å². The highest BCUT2D eigenvalue weighted by molar-refractivity contribution is 5.69. The van der Waals surface area contributed by atoms with E-state index >= 15 is 0 Å². The van der Waals surface area contributed by atoms with E-state index in [0.717, 1.165) is 12.8 Å². The van der Waals surface area contributed by atoms with Crippen molar-refractivity contribution in [1.82, 2.24) is 0 Å². The number of hydrogen-bond donors (Lipinski definition) is 0. The van der Waals surface area contributed by atoms with E-state index in [4.69, 9.17) is 0 Å². The normalized spacial score (nSPS) is 19.5. The van der Waals surface area contributed by atoms with E-state index in [-0.39, 0.29) is 10.8 Å². The van der Waals surface area contributed by atoms with Crippen LogP contribution in [0.3, 0.4) is 0 Å². The highest BCUT2D eigenvalue weighted by atomic mass is 16.1. The Balaban J connectivity index is 2.30.